The molecule has 0 unspecified atom stereocenters. The summed E-state index contributed by atoms with van der Waals surface area (Å²) in [6.07, 6.45) is 0.574. The quantitative estimate of drug-likeness (QED) is 0.710. The second kappa shape index (κ2) is 5.73. The summed E-state index contributed by atoms with van der Waals surface area (Å²) in [4.78, 5) is 39.7. The van der Waals surface area contributed by atoms with Crippen molar-refractivity contribution in [2.45, 2.75) is 31.5 Å². The van der Waals surface area contributed by atoms with Gasteiger partial charge in [0.15, 0.2) is 0 Å². The van der Waals surface area contributed by atoms with Gasteiger partial charge >= 0.3 is 0 Å². The standard InChI is InChI=1S/C17H19N3O5/c1-19-10(7-21)8-25-14-4-9-6-20(17(24)11(9)5-13(14)19)12-2-3-15(22)18-16(12)23/h4-5,10,12,21H,2-3,6-8H2,1H3,(H,18,22,23)/t10-,12+/m1/s1. The van der Waals surface area contributed by atoms with E-state index >= 15 is 0 Å². The second-order valence-corrected chi connectivity index (χ2v) is 6.64. The number of aliphatic hydroxyl groups is 1. The minimum absolute atomic E-state index is 0.0383. The zero-order chi connectivity index (χ0) is 17.7. The molecule has 25 heavy (non-hydrogen) atoms. The summed E-state index contributed by atoms with van der Waals surface area (Å²) in [6.45, 7) is 0.664. The third-order valence-corrected chi connectivity index (χ3v) is 5.17. The van der Waals surface area contributed by atoms with Gasteiger partial charge in [0.1, 0.15) is 18.4 Å². The molecule has 132 valence electrons. The van der Waals surface area contributed by atoms with Crippen molar-refractivity contribution in [1.29, 1.82) is 0 Å². The molecule has 1 fully saturated rings. The highest BCUT2D eigenvalue weighted by Crippen LogP contribution is 2.39. The van der Waals surface area contributed by atoms with Crippen molar-refractivity contribution in [2.24, 2.45) is 0 Å². The van der Waals surface area contributed by atoms with E-state index in [2.05, 4.69) is 5.32 Å². The molecule has 1 aromatic rings. The number of hydrogen-bond donors (Lipinski definition) is 2. The molecule has 3 aliphatic rings. The number of likely N-dealkylation sites (N-methyl/N-ethyl adjacent to an activating group) is 1. The first-order chi connectivity index (χ1) is 12.0. The first-order valence-electron chi connectivity index (χ1n) is 8.27. The Kier molecular flexibility index (Phi) is 3.64. The van der Waals surface area contributed by atoms with Crippen LogP contribution in [0.25, 0.3) is 0 Å². The van der Waals surface area contributed by atoms with Crippen molar-refractivity contribution in [3.8, 4) is 5.75 Å². The molecule has 0 saturated carbocycles. The normalized spacial score (nSPS) is 25.4. The van der Waals surface area contributed by atoms with Crippen molar-refractivity contribution in [2.75, 3.05) is 25.2 Å². The maximum Gasteiger partial charge on any atom is 0.255 e. The Morgan fingerprint density at radius 2 is 2.12 bits per heavy atom. The van der Waals surface area contributed by atoms with Crippen LogP contribution in [0, 0.1) is 0 Å². The molecule has 4 rings (SSSR count). The van der Waals surface area contributed by atoms with Crippen LogP contribution in [0.3, 0.4) is 0 Å². The summed E-state index contributed by atoms with van der Waals surface area (Å²) in [6, 6.07) is 2.81. The molecule has 1 aromatic carbocycles. The molecule has 2 N–H and O–H groups in total. The van der Waals surface area contributed by atoms with E-state index in [0.29, 0.717) is 30.9 Å². The number of anilines is 1. The third-order valence-electron chi connectivity index (χ3n) is 5.17. The van der Waals surface area contributed by atoms with E-state index in [1.165, 1.54) is 4.90 Å². The van der Waals surface area contributed by atoms with Crippen LogP contribution < -0.4 is 15.0 Å². The summed E-state index contributed by atoms with van der Waals surface area (Å²) in [5.41, 5.74) is 2.10. The number of rotatable bonds is 2. The largest absolute Gasteiger partial charge is 0.489 e. The van der Waals surface area contributed by atoms with E-state index in [-0.39, 0.29) is 30.9 Å². The number of amides is 3. The van der Waals surface area contributed by atoms with Crippen molar-refractivity contribution in [3.63, 3.8) is 0 Å². The summed E-state index contributed by atoms with van der Waals surface area (Å²) >= 11 is 0. The van der Waals surface area contributed by atoms with Crippen LogP contribution in [0.15, 0.2) is 12.1 Å². The summed E-state index contributed by atoms with van der Waals surface area (Å²) in [7, 11) is 1.85. The molecule has 1 saturated heterocycles. The van der Waals surface area contributed by atoms with Gasteiger partial charge in [-0.1, -0.05) is 0 Å². The van der Waals surface area contributed by atoms with Gasteiger partial charge in [-0.05, 0) is 24.1 Å². The number of benzene rings is 1. The van der Waals surface area contributed by atoms with Gasteiger partial charge < -0.3 is 19.6 Å². The lowest BCUT2D eigenvalue weighted by Gasteiger charge is -2.35. The Morgan fingerprint density at radius 1 is 1.32 bits per heavy atom. The van der Waals surface area contributed by atoms with Gasteiger partial charge in [0.25, 0.3) is 5.91 Å². The predicted octanol–water partition coefficient (Wildman–Crippen LogP) is -0.363. The van der Waals surface area contributed by atoms with E-state index in [0.717, 1.165) is 11.3 Å². The van der Waals surface area contributed by atoms with Gasteiger partial charge in [0.2, 0.25) is 11.8 Å². The highest BCUT2D eigenvalue weighted by molar-refractivity contribution is 6.06. The molecular formula is C17H19N3O5. The number of nitrogens with one attached hydrogen (secondary N) is 1. The van der Waals surface area contributed by atoms with Crippen LogP contribution in [0.1, 0.15) is 28.8 Å². The molecule has 2 atom stereocenters. The molecule has 8 heteroatoms. The van der Waals surface area contributed by atoms with E-state index in [1.54, 1.807) is 6.07 Å². The van der Waals surface area contributed by atoms with Gasteiger partial charge in [0.05, 0.1) is 18.3 Å². The first kappa shape index (κ1) is 15.9. The van der Waals surface area contributed by atoms with E-state index in [9.17, 15) is 19.5 Å². The lowest BCUT2D eigenvalue weighted by atomic mass is 10.0. The molecule has 3 heterocycles. The van der Waals surface area contributed by atoms with Crippen LogP contribution in [0.2, 0.25) is 0 Å². The highest BCUT2D eigenvalue weighted by Gasteiger charge is 2.40. The summed E-state index contributed by atoms with van der Waals surface area (Å²) in [5.74, 6) is -0.266. The van der Waals surface area contributed by atoms with E-state index < -0.39 is 11.9 Å². The average Bonchev–Trinajstić information content (AvgIpc) is 2.90. The highest BCUT2D eigenvalue weighted by atomic mass is 16.5. The minimum Gasteiger partial charge on any atom is -0.489 e. The molecule has 0 spiro atoms. The molecular weight excluding hydrogens is 326 g/mol. The Bertz CT molecular complexity index is 778. The van der Waals surface area contributed by atoms with Crippen LogP contribution in [-0.4, -0.2) is 60.1 Å². The number of hydrogen-bond acceptors (Lipinski definition) is 6. The number of carbonyl (C=O) groups is 3. The van der Waals surface area contributed by atoms with Crippen molar-refractivity contribution < 1.29 is 24.2 Å². The third kappa shape index (κ3) is 2.44. The molecule has 8 nitrogen and oxygen atoms in total. The Labute approximate surface area is 144 Å². The Balaban J connectivity index is 1.64. The molecule has 0 bridgehead atoms. The van der Waals surface area contributed by atoms with Gasteiger partial charge in [-0.3, -0.25) is 19.7 Å². The zero-order valence-electron chi connectivity index (χ0n) is 13.8. The first-order valence-corrected chi connectivity index (χ1v) is 8.27. The Hall–Kier alpha value is -2.61. The monoisotopic (exact) mass is 345 g/mol. The summed E-state index contributed by atoms with van der Waals surface area (Å²) < 4.78 is 5.72. The number of fused-ring (bicyclic) bond motifs is 2. The number of aliphatic hydroxyl groups excluding tert-OH is 1. The van der Waals surface area contributed by atoms with Crippen molar-refractivity contribution >= 4 is 23.4 Å². The van der Waals surface area contributed by atoms with Crippen molar-refractivity contribution in [3.05, 3.63) is 23.3 Å². The lowest BCUT2D eigenvalue weighted by molar-refractivity contribution is -0.136. The zero-order valence-corrected chi connectivity index (χ0v) is 13.8. The molecule has 0 aliphatic carbocycles. The minimum atomic E-state index is -0.626. The van der Waals surface area contributed by atoms with Gasteiger partial charge in [-0.25, -0.2) is 0 Å². The fourth-order valence-corrected chi connectivity index (χ4v) is 3.64. The Morgan fingerprint density at radius 3 is 2.84 bits per heavy atom. The van der Waals surface area contributed by atoms with Crippen LogP contribution in [-0.2, 0) is 16.1 Å². The molecule has 3 aliphatic heterocycles. The SMILES string of the molecule is CN1c2cc3c(cc2OC[C@H]1CO)CN([C@H]1CCC(=O)NC1=O)C3=O. The van der Waals surface area contributed by atoms with Gasteiger partial charge in [-0.15, -0.1) is 0 Å². The second-order valence-electron chi connectivity index (χ2n) is 6.64. The number of nitrogens with zero attached hydrogens (tertiary/aromatic N) is 2. The smallest absolute Gasteiger partial charge is 0.255 e. The van der Waals surface area contributed by atoms with Crippen LogP contribution >= 0.6 is 0 Å². The van der Waals surface area contributed by atoms with Gasteiger partial charge in [0, 0.05) is 25.6 Å². The topological polar surface area (TPSA) is 99.2 Å². The maximum atomic E-state index is 12.8. The van der Waals surface area contributed by atoms with Crippen molar-refractivity contribution in [1.82, 2.24) is 10.2 Å². The fraction of sp³-hybridized carbons (Fsp3) is 0.471. The van der Waals surface area contributed by atoms with E-state index in [4.69, 9.17) is 4.74 Å². The number of piperidine rings is 1. The number of carbonyl (C=O) groups excluding carboxylic acids is 3. The molecule has 0 radical (unpaired) electrons. The number of ether oxygens (including phenoxy) is 1. The fourth-order valence-electron chi connectivity index (χ4n) is 3.64. The molecule has 0 aromatic heterocycles. The van der Waals surface area contributed by atoms with Crippen LogP contribution in [0.4, 0.5) is 5.69 Å². The average molecular weight is 345 g/mol. The molecule has 3 amide bonds. The predicted molar refractivity (Wildman–Crippen MR) is 87.3 cm³/mol. The lowest BCUT2D eigenvalue weighted by Crippen LogP contribution is -2.52. The summed E-state index contributed by atoms with van der Waals surface area (Å²) in [5, 5.41) is 11.7. The van der Waals surface area contributed by atoms with E-state index in [1.807, 2.05) is 18.0 Å². The number of imide groups is 1. The van der Waals surface area contributed by atoms with Gasteiger partial charge in [-0.2, -0.15) is 0 Å². The maximum absolute atomic E-state index is 12.8. The van der Waals surface area contributed by atoms with Crippen LogP contribution in [0.5, 0.6) is 5.75 Å².